The predicted octanol–water partition coefficient (Wildman–Crippen LogP) is 1.28. The van der Waals surface area contributed by atoms with Gasteiger partial charge in [0, 0.05) is 13.3 Å². The fourth-order valence-corrected chi connectivity index (χ4v) is 2.16. The van der Waals surface area contributed by atoms with Crippen LogP contribution in [0.3, 0.4) is 0 Å². The lowest BCUT2D eigenvalue weighted by Gasteiger charge is -2.23. The molecule has 0 aliphatic carbocycles. The molecule has 7 heteroatoms. The number of rotatable bonds is 10. The molecule has 0 spiro atoms. The van der Waals surface area contributed by atoms with Gasteiger partial charge in [0.2, 0.25) is 11.8 Å². The average Bonchev–Trinajstić information content (AvgIpc) is 2.47. The van der Waals surface area contributed by atoms with E-state index in [-0.39, 0.29) is 11.8 Å². The monoisotopic (exact) mass is 325 g/mol. The van der Waals surface area contributed by atoms with Gasteiger partial charge < -0.3 is 15.4 Å². The second kappa shape index (κ2) is 11.5. The SMILES string of the molecule is COC(=O)[C@H](CCCCC#N)NC(=O)[C@H](CC(C)C)NC(C)=O. The second-order valence-electron chi connectivity index (χ2n) is 5.87. The molecule has 0 radical (unpaired) electrons. The maximum atomic E-state index is 12.3. The molecule has 0 aromatic carbocycles. The molecule has 0 unspecified atom stereocenters. The Kier molecular flexibility index (Phi) is 10.4. The van der Waals surface area contributed by atoms with Gasteiger partial charge in [-0.2, -0.15) is 5.26 Å². The Morgan fingerprint density at radius 2 is 1.78 bits per heavy atom. The zero-order chi connectivity index (χ0) is 17.8. The van der Waals surface area contributed by atoms with E-state index in [1.165, 1.54) is 14.0 Å². The summed E-state index contributed by atoms with van der Waals surface area (Å²) in [5, 5.41) is 13.8. The summed E-state index contributed by atoms with van der Waals surface area (Å²) in [6.45, 7) is 5.24. The van der Waals surface area contributed by atoms with E-state index < -0.39 is 24.0 Å². The van der Waals surface area contributed by atoms with Crippen LogP contribution in [0.4, 0.5) is 0 Å². The molecular formula is C16H27N3O4. The third-order valence-corrected chi connectivity index (χ3v) is 3.23. The first-order valence-corrected chi connectivity index (χ1v) is 7.84. The maximum absolute atomic E-state index is 12.3. The summed E-state index contributed by atoms with van der Waals surface area (Å²) >= 11 is 0. The maximum Gasteiger partial charge on any atom is 0.328 e. The highest BCUT2D eigenvalue weighted by atomic mass is 16.5. The van der Waals surface area contributed by atoms with Crippen molar-refractivity contribution in [2.45, 2.75) is 65.0 Å². The quantitative estimate of drug-likeness (QED) is 0.464. The first kappa shape index (κ1) is 20.9. The van der Waals surface area contributed by atoms with Crippen LogP contribution in [-0.2, 0) is 19.1 Å². The van der Waals surface area contributed by atoms with Crippen molar-refractivity contribution in [3.63, 3.8) is 0 Å². The largest absolute Gasteiger partial charge is 0.467 e. The zero-order valence-corrected chi connectivity index (χ0v) is 14.3. The van der Waals surface area contributed by atoms with Gasteiger partial charge in [-0.3, -0.25) is 9.59 Å². The summed E-state index contributed by atoms with van der Waals surface area (Å²) in [4.78, 5) is 35.4. The van der Waals surface area contributed by atoms with Gasteiger partial charge >= 0.3 is 5.97 Å². The zero-order valence-electron chi connectivity index (χ0n) is 14.3. The minimum atomic E-state index is -0.769. The number of hydrogen-bond acceptors (Lipinski definition) is 5. The second-order valence-corrected chi connectivity index (χ2v) is 5.87. The number of nitriles is 1. The molecule has 0 bridgehead atoms. The van der Waals surface area contributed by atoms with Crippen LogP contribution in [0.1, 0.15) is 52.9 Å². The number of amides is 2. The van der Waals surface area contributed by atoms with E-state index in [0.717, 1.165) is 0 Å². The first-order chi connectivity index (χ1) is 10.8. The number of hydrogen-bond donors (Lipinski definition) is 2. The van der Waals surface area contributed by atoms with Gasteiger partial charge in [-0.25, -0.2) is 4.79 Å². The molecule has 0 aromatic heterocycles. The van der Waals surface area contributed by atoms with Gasteiger partial charge in [0.05, 0.1) is 13.2 Å². The molecule has 2 atom stereocenters. The van der Waals surface area contributed by atoms with Crippen LogP contribution in [0.15, 0.2) is 0 Å². The van der Waals surface area contributed by atoms with Gasteiger partial charge in [0.15, 0.2) is 0 Å². The standard InChI is InChI=1S/C16H27N3O4/c1-11(2)10-14(18-12(3)20)15(21)19-13(16(22)23-4)8-6-5-7-9-17/h11,13-14H,5-8,10H2,1-4H3,(H,18,20)(H,19,21)/t13-,14-/m0/s1. The van der Waals surface area contributed by atoms with Crippen LogP contribution in [-0.4, -0.2) is 37.0 Å². The first-order valence-electron chi connectivity index (χ1n) is 7.84. The Bertz CT molecular complexity index is 443. The van der Waals surface area contributed by atoms with Gasteiger partial charge in [0.1, 0.15) is 12.1 Å². The number of methoxy groups -OCH3 is 1. The van der Waals surface area contributed by atoms with E-state index in [0.29, 0.717) is 32.1 Å². The topological polar surface area (TPSA) is 108 Å². The number of carbonyl (C=O) groups is 3. The summed E-state index contributed by atoms with van der Waals surface area (Å²) in [5.41, 5.74) is 0. The van der Waals surface area contributed by atoms with Crippen molar-refractivity contribution < 1.29 is 19.1 Å². The fourth-order valence-electron chi connectivity index (χ4n) is 2.16. The Hall–Kier alpha value is -2.10. The van der Waals surface area contributed by atoms with Crippen molar-refractivity contribution in [1.82, 2.24) is 10.6 Å². The van der Waals surface area contributed by atoms with Crippen LogP contribution in [0, 0.1) is 17.2 Å². The number of nitrogens with one attached hydrogen (secondary N) is 2. The van der Waals surface area contributed by atoms with E-state index >= 15 is 0 Å². The molecule has 0 aliphatic heterocycles. The van der Waals surface area contributed by atoms with Gasteiger partial charge in [-0.05, 0) is 31.6 Å². The van der Waals surface area contributed by atoms with Crippen molar-refractivity contribution in [3.8, 4) is 6.07 Å². The Labute approximate surface area is 137 Å². The van der Waals surface area contributed by atoms with E-state index in [4.69, 9.17) is 10.00 Å². The van der Waals surface area contributed by atoms with Gasteiger partial charge in [-0.1, -0.05) is 13.8 Å². The Morgan fingerprint density at radius 1 is 1.13 bits per heavy atom. The number of esters is 1. The third-order valence-electron chi connectivity index (χ3n) is 3.23. The molecule has 23 heavy (non-hydrogen) atoms. The lowest BCUT2D eigenvalue weighted by molar-refractivity contribution is -0.145. The third kappa shape index (κ3) is 9.51. The number of unbranched alkanes of at least 4 members (excludes halogenated alkanes) is 2. The molecule has 0 aromatic rings. The Balaban J connectivity index is 4.77. The lowest BCUT2D eigenvalue weighted by atomic mass is 10.0. The van der Waals surface area contributed by atoms with E-state index in [1.54, 1.807) is 0 Å². The molecule has 2 N–H and O–H groups in total. The van der Waals surface area contributed by atoms with Crippen LogP contribution in [0.2, 0.25) is 0 Å². The highest BCUT2D eigenvalue weighted by Crippen LogP contribution is 2.08. The van der Waals surface area contributed by atoms with Crippen molar-refractivity contribution in [1.29, 1.82) is 5.26 Å². The Morgan fingerprint density at radius 3 is 2.26 bits per heavy atom. The molecule has 0 heterocycles. The van der Waals surface area contributed by atoms with Crippen molar-refractivity contribution >= 4 is 17.8 Å². The van der Waals surface area contributed by atoms with Crippen LogP contribution in [0.5, 0.6) is 0 Å². The fraction of sp³-hybridized carbons (Fsp3) is 0.750. The smallest absolute Gasteiger partial charge is 0.328 e. The summed E-state index contributed by atoms with van der Waals surface area (Å²) in [6.07, 6.45) is 2.57. The predicted molar refractivity (Wildman–Crippen MR) is 85.1 cm³/mol. The molecule has 0 rings (SSSR count). The molecule has 0 saturated carbocycles. The van der Waals surface area contributed by atoms with Crippen LogP contribution >= 0.6 is 0 Å². The highest BCUT2D eigenvalue weighted by Gasteiger charge is 2.26. The number of ether oxygens (including phenoxy) is 1. The minimum Gasteiger partial charge on any atom is -0.467 e. The van der Waals surface area contributed by atoms with Crippen molar-refractivity contribution in [3.05, 3.63) is 0 Å². The summed E-state index contributed by atoms with van der Waals surface area (Å²) in [5.74, 6) is -1.01. The van der Waals surface area contributed by atoms with Crippen molar-refractivity contribution in [2.24, 2.45) is 5.92 Å². The van der Waals surface area contributed by atoms with Crippen LogP contribution < -0.4 is 10.6 Å². The highest BCUT2D eigenvalue weighted by molar-refractivity contribution is 5.90. The summed E-state index contributed by atoms with van der Waals surface area (Å²) < 4.78 is 4.71. The average molecular weight is 325 g/mol. The summed E-state index contributed by atoms with van der Waals surface area (Å²) in [7, 11) is 1.26. The number of carbonyl (C=O) groups excluding carboxylic acids is 3. The lowest BCUT2D eigenvalue weighted by Crippen LogP contribution is -2.51. The minimum absolute atomic E-state index is 0.213. The molecular weight excluding hydrogens is 298 g/mol. The molecule has 0 fully saturated rings. The van der Waals surface area contributed by atoms with E-state index in [2.05, 4.69) is 10.6 Å². The van der Waals surface area contributed by atoms with Crippen molar-refractivity contribution in [2.75, 3.05) is 7.11 Å². The molecule has 0 saturated heterocycles. The van der Waals surface area contributed by atoms with Gasteiger partial charge in [0.25, 0.3) is 0 Å². The summed E-state index contributed by atoms with van der Waals surface area (Å²) in [6, 6.07) is 0.585. The van der Waals surface area contributed by atoms with E-state index in [1.807, 2.05) is 19.9 Å². The molecule has 0 aliphatic rings. The van der Waals surface area contributed by atoms with E-state index in [9.17, 15) is 14.4 Å². The number of nitrogens with zero attached hydrogens (tertiary/aromatic N) is 1. The molecule has 7 nitrogen and oxygen atoms in total. The normalized spacial score (nSPS) is 12.9. The molecule has 130 valence electrons. The van der Waals surface area contributed by atoms with Crippen LogP contribution in [0.25, 0.3) is 0 Å². The molecule has 2 amide bonds. The van der Waals surface area contributed by atoms with Gasteiger partial charge in [-0.15, -0.1) is 0 Å².